The van der Waals surface area contributed by atoms with Crippen molar-refractivity contribution in [1.82, 2.24) is 14.7 Å². The first-order chi connectivity index (χ1) is 9.44. The van der Waals surface area contributed by atoms with Gasteiger partial charge in [0.05, 0.1) is 4.92 Å². The van der Waals surface area contributed by atoms with E-state index in [4.69, 9.17) is 0 Å². The molecule has 7 heteroatoms. The van der Waals surface area contributed by atoms with E-state index in [1.54, 1.807) is 11.6 Å². The van der Waals surface area contributed by atoms with E-state index >= 15 is 0 Å². The van der Waals surface area contributed by atoms with Gasteiger partial charge in [-0.25, -0.2) is 4.68 Å². The lowest BCUT2D eigenvalue weighted by Crippen LogP contribution is -2.35. The van der Waals surface area contributed by atoms with Gasteiger partial charge < -0.3 is 10.2 Å². The number of nitrogens with zero attached hydrogens (tertiary/aromatic N) is 4. The van der Waals surface area contributed by atoms with E-state index in [1.807, 2.05) is 13.8 Å². The van der Waals surface area contributed by atoms with Crippen LogP contribution in [0.5, 0.6) is 0 Å². The van der Waals surface area contributed by atoms with Crippen LogP contribution in [0.25, 0.3) is 0 Å². The van der Waals surface area contributed by atoms with E-state index < -0.39 is 0 Å². The molecule has 1 heterocycles. The molecule has 114 valence electrons. The largest absolute Gasteiger partial charge is 0.361 e. The Bertz CT molecular complexity index is 454. The minimum atomic E-state index is -0.360. The number of hydrogen-bond donors (Lipinski definition) is 1. The van der Waals surface area contributed by atoms with Crippen molar-refractivity contribution < 1.29 is 4.92 Å². The first kappa shape index (κ1) is 16.4. The molecule has 0 aliphatic heterocycles. The van der Waals surface area contributed by atoms with Crippen molar-refractivity contribution in [2.75, 3.05) is 25.0 Å². The monoisotopic (exact) mass is 283 g/mol. The Morgan fingerprint density at radius 2 is 2.00 bits per heavy atom. The van der Waals surface area contributed by atoms with Crippen molar-refractivity contribution in [3.05, 3.63) is 15.8 Å². The summed E-state index contributed by atoms with van der Waals surface area (Å²) in [6.07, 6.45) is 0. The van der Waals surface area contributed by atoms with Crippen molar-refractivity contribution in [2.45, 2.75) is 47.2 Å². The molecule has 0 aliphatic rings. The predicted octanol–water partition coefficient (Wildman–Crippen LogP) is 2.26. The maximum absolute atomic E-state index is 11.2. The first-order valence-corrected chi connectivity index (χ1v) is 7.15. The molecule has 0 saturated heterocycles. The number of likely N-dealkylation sites (N-methyl/N-ethyl adjacent to an activating group) is 1. The third-order valence-electron chi connectivity index (χ3n) is 3.39. The van der Waals surface area contributed by atoms with E-state index in [1.165, 1.54) is 0 Å². The van der Waals surface area contributed by atoms with Crippen molar-refractivity contribution >= 4 is 11.5 Å². The number of hydrogen-bond acceptors (Lipinski definition) is 5. The Kier molecular flexibility index (Phi) is 5.94. The lowest BCUT2D eigenvalue weighted by Gasteiger charge is -2.23. The van der Waals surface area contributed by atoms with Crippen LogP contribution in [-0.4, -0.2) is 45.3 Å². The molecule has 0 fully saturated rings. The second-order valence-corrected chi connectivity index (χ2v) is 4.89. The molecule has 1 rings (SSSR count). The molecule has 0 saturated carbocycles. The Hall–Kier alpha value is -1.63. The van der Waals surface area contributed by atoms with E-state index in [2.05, 4.69) is 29.2 Å². The summed E-state index contributed by atoms with van der Waals surface area (Å²) in [7, 11) is 0. The molecule has 1 aromatic heterocycles. The van der Waals surface area contributed by atoms with Gasteiger partial charge >= 0.3 is 5.69 Å². The predicted molar refractivity (Wildman–Crippen MR) is 80.2 cm³/mol. The molecule has 1 atom stereocenters. The smallest absolute Gasteiger partial charge is 0.333 e. The summed E-state index contributed by atoms with van der Waals surface area (Å²) in [4.78, 5) is 13.1. The zero-order valence-corrected chi connectivity index (χ0v) is 13.0. The van der Waals surface area contributed by atoms with Gasteiger partial charge in [-0.3, -0.25) is 10.1 Å². The summed E-state index contributed by atoms with van der Waals surface area (Å²) in [5, 5.41) is 18.7. The molecular formula is C13H25N5O2. The van der Waals surface area contributed by atoms with Gasteiger partial charge in [0.25, 0.3) is 0 Å². The number of anilines is 1. The van der Waals surface area contributed by atoms with Gasteiger partial charge in [-0.05, 0) is 33.9 Å². The van der Waals surface area contributed by atoms with Crippen molar-refractivity contribution in [2.24, 2.45) is 0 Å². The average Bonchev–Trinajstić information content (AvgIpc) is 2.71. The second-order valence-electron chi connectivity index (χ2n) is 4.89. The van der Waals surface area contributed by atoms with Crippen molar-refractivity contribution in [3.8, 4) is 0 Å². The number of aromatic nitrogens is 2. The van der Waals surface area contributed by atoms with Crippen molar-refractivity contribution in [3.63, 3.8) is 0 Å². The maximum Gasteiger partial charge on any atom is 0.333 e. The normalized spacial score (nSPS) is 12.7. The minimum absolute atomic E-state index is 0.0817. The molecule has 1 unspecified atom stereocenters. The van der Waals surface area contributed by atoms with Crippen molar-refractivity contribution in [1.29, 1.82) is 0 Å². The molecule has 1 N–H and O–H groups in total. The highest BCUT2D eigenvalue weighted by Gasteiger charge is 2.25. The van der Waals surface area contributed by atoms with Crippen LogP contribution in [0.2, 0.25) is 0 Å². The highest BCUT2D eigenvalue weighted by molar-refractivity contribution is 5.60. The first-order valence-electron chi connectivity index (χ1n) is 7.15. The lowest BCUT2D eigenvalue weighted by atomic mass is 10.3. The molecule has 0 aromatic carbocycles. The number of nitro groups is 1. The molecule has 20 heavy (non-hydrogen) atoms. The third-order valence-corrected chi connectivity index (χ3v) is 3.39. The maximum atomic E-state index is 11.2. The topological polar surface area (TPSA) is 76.2 Å². The zero-order valence-electron chi connectivity index (χ0n) is 13.0. The Morgan fingerprint density at radius 3 is 2.45 bits per heavy atom. The van der Waals surface area contributed by atoms with Crippen LogP contribution >= 0.6 is 0 Å². The van der Waals surface area contributed by atoms with Crippen LogP contribution in [0.1, 0.15) is 33.4 Å². The van der Waals surface area contributed by atoms with Crippen LogP contribution in [0.15, 0.2) is 0 Å². The minimum Gasteiger partial charge on any atom is -0.361 e. The fourth-order valence-electron chi connectivity index (χ4n) is 2.31. The molecule has 0 spiro atoms. The summed E-state index contributed by atoms with van der Waals surface area (Å²) in [5.74, 6) is 0.509. The fraction of sp³-hybridized carbons (Fsp3) is 0.769. The van der Waals surface area contributed by atoms with Gasteiger partial charge in [0.15, 0.2) is 0 Å². The van der Waals surface area contributed by atoms with Crippen LogP contribution in [0.4, 0.5) is 11.5 Å². The highest BCUT2D eigenvalue weighted by Crippen LogP contribution is 2.28. The van der Waals surface area contributed by atoms with Gasteiger partial charge in [0, 0.05) is 19.1 Å². The molecule has 0 amide bonds. The molecule has 0 bridgehead atoms. The average molecular weight is 283 g/mol. The second kappa shape index (κ2) is 7.23. The van der Waals surface area contributed by atoms with E-state index in [0.717, 1.165) is 19.6 Å². The van der Waals surface area contributed by atoms with E-state index in [0.29, 0.717) is 18.1 Å². The Labute approximate surface area is 120 Å². The summed E-state index contributed by atoms with van der Waals surface area (Å²) in [6, 6.07) is 0.120. The van der Waals surface area contributed by atoms with Gasteiger partial charge in [-0.1, -0.05) is 13.8 Å². The molecule has 1 aromatic rings. The summed E-state index contributed by atoms with van der Waals surface area (Å²) >= 11 is 0. The molecule has 7 nitrogen and oxygen atoms in total. The number of rotatable bonds is 8. The zero-order chi connectivity index (χ0) is 15.3. The van der Waals surface area contributed by atoms with Gasteiger partial charge in [-0.15, -0.1) is 0 Å². The molecule has 0 radical (unpaired) electrons. The van der Waals surface area contributed by atoms with Crippen LogP contribution < -0.4 is 5.32 Å². The molecular weight excluding hydrogens is 258 g/mol. The lowest BCUT2D eigenvalue weighted by molar-refractivity contribution is -0.384. The van der Waals surface area contributed by atoms with Crippen LogP contribution in [-0.2, 0) is 6.54 Å². The van der Waals surface area contributed by atoms with Gasteiger partial charge in [0.1, 0.15) is 5.69 Å². The standard InChI is InChI=1S/C13H25N5O2/c1-6-16(7-2)9-10(4)14-13-12(18(19)20)11(5)15-17(13)8-3/h10,14H,6-9H2,1-5H3. The SMILES string of the molecule is CCN(CC)CC(C)Nc1c([N+](=O)[O-])c(C)nn1CC. The fourth-order valence-corrected chi connectivity index (χ4v) is 2.31. The number of aryl methyl sites for hydroxylation is 2. The summed E-state index contributed by atoms with van der Waals surface area (Å²) in [5.41, 5.74) is 0.535. The molecule has 0 aliphatic carbocycles. The van der Waals surface area contributed by atoms with Crippen LogP contribution in [0.3, 0.4) is 0 Å². The Balaban J connectivity index is 2.93. The number of nitrogens with one attached hydrogen (secondary N) is 1. The summed E-state index contributed by atoms with van der Waals surface area (Å²) < 4.78 is 1.66. The van der Waals surface area contributed by atoms with Gasteiger partial charge in [-0.2, -0.15) is 5.10 Å². The van der Waals surface area contributed by atoms with Gasteiger partial charge in [0.2, 0.25) is 5.82 Å². The van der Waals surface area contributed by atoms with Crippen LogP contribution in [0, 0.1) is 17.0 Å². The van der Waals surface area contributed by atoms with E-state index in [-0.39, 0.29) is 16.7 Å². The quantitative estimate of drug-likeness (QED) is 0.585. The third kappa shape index (κ3) is 3.69. The Morgan fingerprint density at radius 1 is 1.40 bits per heavy atom. The summed E-state index contributed by atoms with van der Waals surface area (Å²) in [6.45, 7) is 13.2. The van der Waals surface area contributed by atoms with E-state index in [9.17, 15) is 10.1 Å². The highest BCUT2D eigenvalue weighted by atomic mass is 16.6.